The molecule has 0 fully saturated rings. The van der Waals surface area contributed by atoms with Gasteiger partial charge in [0, 0.05) is 18.2 Å². The van der Waals surface area contributed by atoms with E-state index in [2.05, 4.69) is 34.9 Å². The molecular weight excluding hydrogens is 348 g/mol. The molecule has 0 spiro atoms. The molecule has 0 aromatic heterocycles. The number of anilines is 2. The van der Waals surface area contributed by atoms with Crippen molar-refractivity contribution in [3.05, 3.63) is 48.5 Å². The summed E-state index contributed by atoms with van der Waals surface area (Å²) >= 11 is 0. The van der Waals surface area contributed by atoms with Crippen molar-refractivity contribution in [2.24, 2.45) is 11.8 Å². The first-order valence-electron chi connectivity index (χ1n) is 9.88. The topological polar surface area (TPSA) is 58.2 Å². The maximum absolute atomic E-state index is 12.5. The third kappa shape index (κ3) is 4.69. The number of hydrogen-bond donors (Lipinski definition) is 2. The maximum atomic E-state index is 12.5. The van der Waals surface area contributed by atoms with E-state index in [1.54, 1.807) is 0 Å². The van der Waals surface area contributed by atoms with Gasteiger partial charge in [-0.2, -0.15) is 0 Å². The molecule has 0 aliphatic heterocycles. The quantitative estimate of drug-likeness (QED) is 0.521. The fourth-order valence-corrected chi connectivity index (χ4v) is 3.39. The molecule has 2 amide bonds. The first-order chi connectivity index (χ1) is 13.3. The second-order valence-electron chi connectivity index (χ2n) is 8.20. The van der Waals surface area contributed by atoms with E-state index in [1.165, 1.54) is 0 Å². The van der Waals surface area contributed by atoms with E-state index in [0.29, 0.717) is 24.2 Å². The van der Waals surface area contributed by atoms with Gasteiger partial charge in [-0.15, -0.1) is 0 Å². The lowest BCUT2D eigenvalue weighted by Gasteiger charge is -2.17. The number of carbonyl (C=O) groups excluding carboxylic acids is 2. The smallest absolute Gasteiger partial charge is 0.224 e. The van der Waals surface area contributed by atoms with Gasteiger partial charge in [-0.05, 0) is 46.2 Å². The lowest BCUT2D eigenvalue weighted by Crippen LogP contribution is -2.18. The van der Waals surface area contributed by atoms with Crippen LogP contribution in [0.2, 0.25) is 0 Å². The number of carbonyl (C=O) groups is 2. The average Bonchev–Trinajstić information content (AvgIpc) is 2.61. The highest BCUT2D eigenvalue weighted by molar-refractivity contribution is 6.13. The molecule has 4 heteroatoms. The summed E-state index contributed by atoms with van der Waals surface area (Å²) in [6.07, 6.45) is 0.873. The molecule has 0 unspecified atom stereocenters. The van der Waals surface area contributed by atoms with Crippen LogP contribution in [0.4, 0.5) is 11.4 Å². The van der Waals surface area contributed by atoms with E-state index in [1.807, 2.05) is 52.0 Å². The zero-order chi connectivity index (χ0) is 20.3. The van der Waals surface area contributed by atoms with Crippen LogP contribution >= 0.6 is 0 Å². The summed E-state index contributed by atoms with van der Waals surface area (Å²) in [5.41, 5.74) is 1.32. The third-order valence-electron chi connectivity index (χ3n) is 4.61. The zero-order valence-electron chi connectivity index (χ0n) is 17.0. The predicted octanol–water partition coefficient (Wildman–Crippen LogP) is 5.96. The van der Waals surface area contributed by atoms with Crippen LogP contribution in [0.25, 0.3) is 21.5 Å². The van der Waals surface area contributed by atoms with E-state index in [-0.39, 0.29) is 23.7 Å². The normalized spacial score (nSPS) is 11.4. The monoisotopic (exact) mass is 376 g/mol. The van der Waals surface area contributed by atoms with Gasteiger partial charge in [-0.1, -0.05) is 58.0 Å². The summed E-state index contributed by atoms with van der Waals surface area (Å²) in [5.74, 6) is 0.433. The van der Waals surface area contributed by atoms with Crippen molar-refractivity contribution in [2.75, 3.05) is 10.6 Å². The Kier molecular flexibility index (Phi) is 5.98. The predicted molar refractivity (Wildman–Crippen MR) is 118 cm³/mol. The number of amides is 2. The van der Waals surface area contributed by atoms with Gasteiger partial charge < -0.3 is 10.6 Å². The molecule has 0 radical (unpaired) electrons. The fourth-order valence-electron chi connectivity index (χ4n) is 3.39. The summed E-state index contributed by atoms with van der Waals surface area (Å²) in [4.78, 5) is 24.9. The molecule has 0 aliphatic rings. The molecule has 0 atom stereocenters. The number of benzene rings is 3. The van der Waals surface area contributed by atoms with Gasteiger partial charge in [-0.25, -0.2) is 0 Å². The lowest BCUT2D eigenvalue weighted by atomic mass is 10.0. The number of fused-ring (bicyclic) bond motifs is 2. The zero-order valence-corrected chi connectivity index (χ0v) is 17.0. The van der Waals surface area contributed by atoms with E-state index in [4.69, 9.17) is 0 Å². The molecule has 0 bridgehead atoms. The Bertz CT molecular complexity index is 1020. The number of nitrogens with one attached hydrogen (secondary N) is 2. The van der Waals surface area contributed by atoms with Crippen LogP contribution in [0, 0.1) is 11.8 Å². The standard InChI is InChI=1S/C24H28N2O2/c1-15(2)11-22(27)25-21-10-9-19-13-17-7-5-6-8-18(17)14-20(19)24(21)26-23(28)12-16(3)4/h5-10,13-16H,11-12H2,1-4H3,(H,25,27)(H,26,28). The Morgan fingerprint density at radius 1 is 0.750 bits per heavy atom. The van der Waals surface area contributed by atoms with Crippen LogP contribution in [0.15, 0.2) is 48.5 Å². The molecule has 3 aromatic carbocycles. The van der Waals surface area contributed by atoms with E-state index < -0.39 is 0 Å². The van der Waals surface area contributed by atoms with Gasteiger partial charge in [0.2, 0.25) is 11.8 Å². The number of hydrogen-bond acceptors (Lipinski definition) is 2. The van der Waals surface area contributed by atoms with Crippen LogP contribution < -0.4 is 10.6 Å². The molecule has 3 aromatic rings. The van der Waals surface area contributed by atoms with E-state index >= 15 is 0 Å². The fraction of sp³-hybridized carbons (Fsp3) is 0.333. The molecule has 0 heterocycles. The molecule has 0 aliphatic carbocycles. The van der Waals surface area contributed by atoms with Crippen molar-refractivity contribution in [2.45, 2.75) is 40.5 Å². The second kappa shape index (κ2) is 8.42. The van der Waals surface area contributed by atoms with Gasteiger partial charge in [0.15, 0.2) is 0 Å². The minimum atomic E-state index is -0.0468. The summed E-state index contributed by atoms with van der Waals surface area (Å²) in [6, 6.07) is 16.2. The summed E-state index contributed by atoms with van der Waals surface area (Å²) in [7, 11) is 0. The first kappa shape index (κ1) is 19.9. The van der Waals surface area contributed by atoms with Crippen molar-refractivity contribution in [1.29, 1.82) is 0 Å². The molecule has 0 saturated carbocycles. The Morgan fingerprint density at radius 3 is 1.93 bits per heavy atom. The summed E-state index contributed by atoms with van der Waals surface area (Å²) < 4.78 is 0. The third-order valence-corrected chi connectivity index (χ3v) is 4.61. The van der Waals surface area contributed by atoms with Crippen molar-refractivity contribution >= 4 is 44.7 Å². The molecule has 2 N–H and O–H groups in total. The lowest BCUT2D eigenvalue weighted by molar-refractivity contribution is -0.117. The SMILES string of the molecule is CC(C)CC(=O)Nc1ccc2cc3ccccc3cc2c1NC(=O)CC(C)C. The molecule has 0 saturated heterocycles. The molecule has 146 valence electrons. The summed E-state index contributed by atoms with van der Waals surface area (Å²) in [6.45, 7) is 8.05. The highest BCUT2D eigenvalue weighted by Gasteiger charge is 2.15. The van der Waals surface area contributed by atoms with Crippen LogP contribution in [0.5, 0.6) is 0 Å². The van der Waals surface area contributed by atoms with Gasteiger partial charge in [0.1, 0.15) is 0 Å². The van der Waals surface area contributed by atoms with Crippen molar-refractivity contribution < 1.29 is 9.59 Å². The number of rotatable bonds is 6. The van der Waals surface area contributed by atoms with E-state index in [0.717, 1.165) is 21.5 Å². The first-order valence-corrected chi connectivity index (χ1v) is 9.88. The molecular formula is C24H28N2O2. The van der Waals surface area contributed by atoms with Crippen LogP contribution in [0.1, 0.15) is 40.5 Å². The van der Waals surface area contributed by atoms with Crippen molar-refractivity contribution in [3.63, 3.8) is 0 Å². The maximum Gasteiger partial charge on any atom is 0.224 e. The minimum absolute atomic E-state index is 0.0463. The highest BCUT2D eigenvalue weighted by atomic mass is 16.2. The highest BCUT2D eigenvalue weighted by Crippen LogP contribution is 2.35. The Balaban J connectivity index is 2.09. The van der Waals surface area contributed by atoms with Crippen LogP contribution in [-0.2, 0) is 9.59 Å². The Morgan fingerprint density at radius 2 is 1.32 bits per heavy atom. The molecule has 3 rings (SSSR count). The average molecular weight is 377 g/mol. The van der Waals surface area contributed by atoms with E-state index in [9.17, 15) is 9.59 Å². The second-order valence-corrected chi connectivity index (χ2v) is 8.20. The van der Waals surface area contributed by atoms with Gasteiger partial charge in [0.25, 0.3) is 0 Å². The van der Waals surface area contributed by atoms with Crippen LogP contribution in [0.3, 0.4) is 0 Å². The Hall–Kier alpha value is -2.88. The van der Waals surface area contributed by atoms with Gasteiger partial charge >= 0.3 is 0 Å². The minimum Gasteiger partial charge on any atom is -0.324 e. The van der Waals surface area contributed by atoms with Crippen LogP contribution in [-0.4, -0.2) is 11.8 Å². The van der Waals surface area contributed by atoms with Crippen molar-refractivity contribution in [3.8, 4) is 0 Å². The van der Waals surface area contributed by atoms with Gasteiger partial charge in [-0.3, -0.25) is 9.59 Å². The van der Waals surface area contributed by atoms with Crippen molar-refractivity contribution in [1.82, 2.24) is 0 Å². The van der Waals surface area contributed by atoms with Gasteiger partial charge in [0.05, 0.1) is 11.4 Å². The largest absolute Gasteiger partial charge is 0.324 e. The Labute approximate surface area is 166 Å². The summed E-state index contributed by atoms with van der Waals surface area (Å²) in [5, 5.41) is 10.2. The molecule has 4 nitrogen and oxygen atoms in total. The molecule has 28 heavy (non-hydrogen) atoms.